The molecule has 1 amide bonds. The van der Waals surface area contributed by atoms with Gasteiger partial charge in [-0.05, 0) is 80.0 Å². The number of nitrogens with one attached hydrogen (secondary N) is 1. The fraction of sp³-hybridized carbons (Fsp3) is 0.333. The molecule has 5 rings (SSSR count). The minimum absolute atomic E-state index is 0.0285. The maximum absolute atomic E-state index is 13.6. The minimum atomic E-state index is -0.696. The van der Waals surface area contributed by atoms with E-state index in [4.69, 9.17) is 14.0 Å². The van der Waals surface area contributed by atoms with Crippen molar-refractivity contribution in [2.24, 2.45) is 0 Å². The normalized spacial score (nSPS) is 17.7. The Kier molecular flexibility index (Phi) is 6.88. The summed E-state index contributed by atoms with van der Waals surface area (Å²) in [5.41, 5.74) is 5.45. The number of halogens is 1. The van der Waals surface area contributed by atoms with Crippen LogP contribution in [-0.2, 0) is 14.0 Å². The van der Waals surface area contributed by atoms with Crippen LogP contribution in [0.3, 0.4) is 0 Å². The van der Waals surface area contributed by atoms with Gasteiger partial charge in [-0.25, -0.2) is 9.78 Å². The third-order valence-electron chi connectivity index (χ3n) is 7.77. The van der Waals surface area contributed by atoms with Gasteiger partial charge in [0, 0.05) is 18.2 Å². The van der Waals surface area contributed by atoms with Gasteiger partial charge in [-0.1, -0.05) is 54.6 Å². The number of fused-ring (bicyclic) bond motifs is 3. The maximum atomic E-state index is 13.6. The second-order valence-corrected chi connectivity index (χ2v) is 10.8. The van der Waals surface area contributed by atoms with Crippen LogP contribution in [0.25, 0.3) is 17.2 Å². The number of aryl methyl sites for hydroxylation is 1. The Morgan fingerprint density at radius 2 is 1.58 bits per heavy atom. The molecule has 0 bridgehead atoms. The van der Waals surface area contributed by atoms with Crippen molar-refractivity contribution in [3.63, 3.8) is 0 Å². The highest BCUT2D eigenvalue weighted by atomic mass is 19.1. The molecule has 0 atom stereocenters. The number of hydrogen-bond acceptors (Lipinski definition) is 5. The number of nitrogens with zero attached hydrogens (tertiary/aromatic N) is 1. The number of hydrogen-bond donors (Lipinski definition) is 1. The molecule has 1 aliphatic heterocycles. The van der Waals surface area contributed by atoms with Gasteiger partial charge in [0.05, 0.1) is 11.2 Å². The summed E-state index contributed by atoms with van der Waals surface area (Å²) in [4.78, 5) is 16.8. The van der Waals surface area contributed by atoms with Crippen molar-refractivity contribution in [3.05, 3.63) is 94.5 Å². The van der Waals surface area contributed by atoms with Crippen molar-refractivity contribution in [1.29, 1.82) is 0 Å². The van der Waals surface area contributed by atoms with E-state index in [1.54, 1.807) is 13.0 Å². The van der Waals surface area contributed by atoms with Crippen molar-refractivity contribution in [1.82, 2.24) is 10.3 Å². The topological polar surface area (TPSA) is 69.7 Å². The highest BCUT2D eigenvalue weighted by molar-refractivity contribution is 6.56. The Bertz CT molecular complexity index is 1340. The van der Waals surface area contributed by atoms with E-state index in [1.807, 2.05) is 58.0 Å². The molecule has 1 aliphatic carbocycles. The Balaban J connectivity index is 1.31. The summed E-state index contributed by atoms with van der Waals surface area (Å²) in [6.07, 6.45) is 1.29. The summed E-state index contributed by atoms with van der Waals surface area (Å²) < 4.78 is 31.8. The number of ether oxygens (including phenoxy) is 1. The Labute approximate surface area is 223 Å². The van der Waals surface area contributed by atoms with E-state index < -0.39 is 30.4 Å². The molecule has 2 aliphatic rings. The Morgan fingerprint density at radius 1 is 1.00 bits per heavy atom. The molecule has 38 heavy (non-hydrogen) atoms. The van der Waals surface area contributed by atoms with Crippen molar-refractivity contribution in [3.8, 4) is 11.1 Å². The zero-order chi connectivity index (χ0) is 27.1. The molecule has 0 unspecified atom stereocenters. The highest BCUT2D eigenvalue weighted by Gasteiger charge is 2.52. The number of amides is 1. The second-order valence-electron chi connectivity index (χ2n) is 10.8. The lowest BCUT2D eigenvalue weighted by Crippen LogP contribution is -2.41. The average molecular weight is 514 g/mol. The van der Waals surface area contributed by atoms with Crippen molar-refractivity contribution in [2.75, 3.05) is 13.2 Å². The first kappa shape index (κ1) is 26.1. The summed E-state index contributed by atoms with van der Waals surface area (Å²) in [5, 5.41) is 2.85. The molecule has 0 spiro atoms. The first-order valence-electron chi connectivity index (χ1n) is 12.8. The van der Waals surface area contributed by atoms with Crippen LogP contribution in [0, 0.1) is 12.9 Å². The summed E-state index contributed by atoms with van der Waals surface area (Å²) in [5.74, 6) is -0.576. The van der Waals surface area contributed by atoms with Crippen LogP contribution >= 0.6 is 0 Å². The van der Waals surface area contributed by atoms with Gasteiger partial charge in [-0.3, -0.25) is 0 Å². The van der Waals surface area contributed by atoms with Gasteiger partial charge in [0.1, 0.15) is 6.61 Å². The smallest absolute Gasteiger partial charge is 0.449 e. The van der Waals surface area contributed by atoms with Crippen LogP contribution in [0.1, 0.15) is 56.0 Å². The monoisotopic (exact) mass is 514 g/mol. The quantitative estimate of drug-likeness (QED) is 0.319. The summed E-state index contributed by atoms with van der Waals surface area (Å²) >= 11 is 0. The molecular weight excluding hydrogens is 482 g/mol. The van der Waals surface area contributed by atoms with Gasteiger partial charge >= 0.3 is 13.2 Å². The van der Waals surface area contributed by atoms with E-state index in [9.17, 15) is 9.18 Å². The molecule has 2 heterocycles. The van der Waals surface area contributed by atoms with Gasteiger partial charge in [-0.2, -0.15) is 4.39 Å². The number of rotatable bonds is 6. The minimum Gasteiger partial charge on any atom is -0.449 e. The lowest BCUT2D eigenvalue weighted by atomic mass is 9.77. The largest absolute Gasteiger partial charge is 0.492 e. The van der Waals surface area contributed by atoms with E-state index >= 15 is 0 Å². The third-order valence-corrected chi connectivity index (χ3v) is 7.77. The van der Waals surface area contributed by atoms with Crippen LogP contribution in [-0.4, -0.2) is 42.5 Å². The molecule has 8 heteroatoms. The molecule has 6 nitrogen and oxygen atoms in total. The first-order valence-corrected chi connectivity index (χ1v) is 12.8. The molecule has 1 aromatic heterocycles. The molecule has 2 aromatic carbocycles. The first-order chi connectivity index (χ1) is 18.1. The van der Waals surface area contributed by atoms with Crippen LogP contribution in [0.2, 0.25) is 0 Å². The number of benzene rings is 2. The van der Waals surface area contributed by atoms with E-state index in [2.05, 4.69) is 34.6 Å². The summed E-state index contributed by atoms with van der Waals surface area (Å²) in [7, 11) is -0.696. The zero-order valence-electron chi connectivity index (χ0n) is 22.4. The molecule has 0 radical (unpaired) electrons. The van der Waals surface area contributed by atoms with Crippen LogP contribution in [0.5, 0.6) is 0 Å². The second kappa shape index (κ2) is 10.0. The van der Waals surface area contributed by atoms with Crippen LogP contribution in [0.15, 0.2) is 66.1 Å². The number of carbonyl (C=O) groups excluding carboxylic acids is 1. The van der Waals surface area contributed by atoms with Gasteiger partial charge in [-0.15, -0.1) is 0 Å². The molecule has 1 saturated heterocycles. The number of pyridine rings is 1. The predicted molar refractivity (Wildman–Crippen MR) is 146 cm³/mol. The van der Waals surface area contributed by atoms with Crippen LogP contribution < -0.4 is 5.32 Å². The van der Waals surface area contributed by atoms with Gasteiger partial charge in [0.2, 0.25) is 5.95 Å². The lowest BCUT2D eigenvalue weighted by Gasteiger charge is -2.32. The SMILES string of the molecule is Cc1nc(F)ccc1C=C(CNC(=O)OCC1c2ccccc2-c2ccccc21)B1OC(C)(C)C(C)(C)O1. The third kappa shape index (κ3) is 4.98. The Hall–Kier alpha value is -3.49. The average Bonchev–Trinajstić information content (AvgIpc) is 3.30. The lowest BCUT2D eigenvalue weighted by molar-refractivity contribution is 0.00578. The number of alkyl carbamates (subject to hydrolysis) is 1. The molecule has 196 valence electrons. The van der Waals surface area contributed by atoms with E-state index in [-0.39, 0.29) is 19.1 Å². The van der Waals surface area contributed by atoms with Gasteiger partial charge < -0.3 is 19.4 Å². The summed E-state index contributed by atoms with van der Waals surface area (Å²) in [6.45, 7) is 9.95. The maximum Gasteiger partial charge on any atom is 0.492 e. The molecule has 0 saturated carbocycles. The van der Waals surface area contributed by atoms with Crippen molar-refractivity contribution < 1.29 is 23.2 Å². The fourth-order valence-corrected chi connectivity index (χ4v) is 4.91. The highest BCUT2D eigenvalue weighted by Crippen LogP contribution is 2.44. The number of carbonyl (C=O) groups is 1. The predicted octanol–water partition coefficient (Wildman–Crippen LogP) is 6.08. The molecular formula is C30H32BFN2O4. The number of aromatic nitrogens is 1. The molecule has 3 aromatic rings. The standard InChI is InChI=1S/C30H32BFN2O4/c1-19-20(14-15-27(32)34-19)16-21(31-37-29(2,3)30(4,5)38-31)17-33-28(35)36-18-26-24-12-8-6-10-22(24)23-11-7-9-13-25(23)26/h6-16,26H,17-18H2,1-5H3,(H,33,35). The molecule has 1 N–H and O–H groups in total. The van der Waals surface area contributed by atoms with E-state index in [0.717, 1.165) is 11.1 Å². The van der Waals surface area contributed by atoms with Crippen molar-refractivity contribution in [2.45, 2.75) is 51.7 Å². The molecule has 1 fully saturated rings. The van der Waals surface area contributed by atoms with E-state index in [1.165, 1.54) is 17.2 Å². The van der Waals surface area contributed by atoms with Gasteiger partial charge in [0.15, 0.2) is 0 Å². The Morgan fingerprint density at radius 3 is 2.16 bits per heavy atom. The zero-order valence-corrected chi connectivity index (χ0v) is 22.4. The van der Waals surface area contributed by atoms with Crippen molar-refractivity contribution >= 4 is 19.3 Å². The van der Waals surface area contributed by atoms with E-state index in [0.29, 0.717) is 16.7 Å². The van der Waals surface area contributed by atoms with Gasteiger partial charge in [0.25, 0.3) is 0 Å². The fourth-order valence-electron chi connectivity index (χ4n) is 4.91. The summed E-state index contributed by atoms with van der Waals surface area (Å²) in [6, 6.07) is 19.4. The van der Waals surface area contributed by atoms with Crippen LogP contribution in [0.4, 0.5) is 9.18 Å².